The number of aliphatic imine (C=N–C) groups is 1. The van der Waals surface area contributed by atoms with Crippen LogP contribution >= 0.6 is 0 Å². The van der Waals surface area contributed by atoms with Crippen LogP contribution < -0.4 is 5.43 Å². The molecule has 84 valence electrons. The Morgan fingerprint density at radius 1 is 1.12 bits per heavy atom. The van der Waals surface area contributed by atoms with Crippen molar-refractivity contribution in [1.29, 1.82) is 0 Å². The number of rotatable bonds is 2. The minimum atomic E-state index is 0.934. The predicted octanol–water partition coefficient (Wildman–Crippen LogP) is 2.58. The van der Waals surface area contributed by atoms with E-state index in [4.69, 9.17) is 0 Å². The molecule has 1 aliphatic rings. The van der Waals surface area contributed by atoms with Crippen LogP contribution in [0.1, 0.15) is 31.2 Å². The first-order valence-corrected chi connectivity index (χ1v) is 5.82. The first-order chi connectivity index (χ1) is 7.95. The minimum absolute atomic E-state index is 0.934. The lowest BCUT2D eigenvalue weighted by atomic mass is 10.2. The van der Waals surface area contributed by atoms with Gasteiger partial charge in [-0.1, -0.05) is 36.8 Å². The van der Waals surface area contributed by atoms with E-state index >= 15 is 0 Å². The Hall–Kier alpha value is -1.64. The van der Waals surface area contributed by atoms with Gasteiger partial charge in [-0.25, -0.2) is 0 Å². The van der Waals surface area contributed by atoms with E-state index in [0.29, 0.717) is 0 Å². The molecule has 0 saturated heterocycles. The zero-order valence-corrected chi connectivity index (χ0v) is 9.39. The maximum Gasteiger partial charge on any atom is 0.117 e. The quantitative estimate of drug-likeness (QED) is 0.597. The van der Waals surface area contributed by atoms with Gasteiger partial charge in [0.1, 0.15) is 5.84 Å². The van der Waals surface area contributed by atoms with Crippen LogP contribution in [0.3, 0.4) is 0 Å². The second-order valence-electron chi connectivity index (χ2n) is 3.92. The summed E-state index contributed by atoms with van der Waals surface area (Å²) in [5.74, 6) is 1.02. The highest BCUT2D eigenvalue weighted by Gasteiger charge is 2.01. The molecule has 3 heteroatoms. The van der Waals surface area contributed by atoms with Gasteiger partial charge >= 0.3 is 0 Å². The van der Waals surface area contributed by atoms with Gasteiger partial charge in [0.15, 0.2) is 0 Å². The van der Waals surface area contributed by atoms with E-state index in [1.54, 1.807) is 0 Å². The molecule has 1 aromatic carbocycles. The van der Waals surface area contributed by atoms with Crippen molar-refractivity contribution in [3.8, 4) is 0 Å². The van der Waals surface area contributed by atoms with E-state index in [1.807, 2.05) is 36.5 Å². The van der Waals surface area contributed by atoms with Crippen LogP contribution in [0.15, 0.2) is 40.4 Å². The van der Waals surface area contributed by atoms with Gasteiger partial charge in [-0.3, -0.25) is 10.4 Å². The number of benzene rings is 1. The number of hydrogen-bond donors (Lipinski definition) is 1. The van der Waals surface area contributed by atoms with Gasteiger partial charge in [0.2, 0.25) is 0 Å². The highest BCUT2D eigenvalue weighted by atomic mass is 15.3. The predicted molar refractivity (Wildman–Crippen MR) is 67.9 cm³/mol. The van der Waals surface area contributed by atoms with Gasteiger partial charge in [-0.15, -0.1) is 0 Å². The molecule has 16 heavy (non-hydrogen) atoms. The molecule has 0 spiro atoms. The van der Waals surface area contributed by atoms with Crippen LogP contribution in [0, 0.1) is 0 Å². The third-order valence-corrected chi connectivity index (χ3v) is 2.58. The second kappa shape index (κ2) is 6.05. The summed E-state index contributed by atoms with van der Waals surface area (Å²) in [4.78, 5) is 4.45. The monoisotopic (exact) mass is 215 g/mol. The Kier molecular flexibility index (Phi) is 4.11. The zero-order chi connectivity index (χ0) is 11.1. The van der Waals surface area contributed by atoms with E-state index in [9.17, 15) is 0 Å². The van der Waals surface area contributed by atoms with E-state index in [1.165, 1.54) is 19.3 Å². The fraction of sp³-hybridized carbons (Fsp3) is 0.385. The summed E-state index contributed by atoms with van der Waals surface area (Å²) >= 11 is 0. The molecule has 0 saturated carbocycles. The first kappa shape index (κ1) is 10.9. The molecular weight excluding hydrogens is 198 g/mol. The van der Waals surface area contributed by atoms with Crippen LogP contribution in [-0.4, -0.2) is 18.6 Å². The summed E-state index contributed by atoms with van der Waals surface area (Å²) in [7, 11) is 0. The third kappa shape index (κ3) is 3.50. The molecule has 1 heterocycles. The first-order valence-electron chi connectivity index (χ1n) is 5.82. The number of nitrogens with one attached hydrogen (secondary N) is 1. The molecule has 0 atom stereocenters. The van der Waals surface area contributed by atoms with Crippen molar-refractivity contribution < 1.29 is 0 Å². The molecule has 0 aliphatic carbocycles. The Balaban J connectivity index is 1.86. The summed E-state index contributed by atoms with van der Waals surface area (Å²) in [5, 5.41) is 4.20. The van der Waals surface area contributed by atoms with Crippen molar-refractivity contribution in [1.82, 2.24) is 5.43 Å². The Morgan fingerprint density at radius 3 is 2.88 bits per heavy atom. The molecule has 0 bridgehead atoms. The molecule has 1 N–H and O–H groups in total. The van der Waals surface area contributed by atoms with Crippen molar-refractivity contribution in [3.63, 3.8) is 0 Å². The SMILES string of the molecule is C(=N/NC1=NCCCCC1)/c1ccccc1. The van der Waals surface area contributed by atoms with Crippen LogP contribution in [0.5, 0.6) is 0 Å². The number of amidine groups is 1. The van der Waals surface area contributed by atoms with Crippen molar-refractivity contribution in [2.24, 2.45) is 10.1 Å². The number of hydrazone groups is 1. The van der Waals surface area contributed by atoms with Gasteiger partial charge < -0.3 is 0 Å². The standard InChI is InChI=1S/C13H17N3/c1-3-7-12(8-4-1)11-15-16-13-9-5-2-6-10-14-13/h1,3-4,7-8,11H,2,5-6,9-10H2,(H,14,16)/b15-11-. The Bertz CT molecular complexity index is 368. The van der Waals surface area contributed by atoms with E-state index in [0.717, 1.165) is 24.4 Å². The van der Waals surface area contributed by atoms with Gasteiger partial charge in [-0.05, 0) is 18.4 Å². The third-order valence-electron chi connectivity index (χ3n) is 2.58. The smallest absolute Gasteiger partial charge is 0.117 e. The van der Waals surface area contributed by atoms with Crippen molar-refractivity contribution in [2.75, 3.05) is 6.54 Å². The van der Waals surface area contributed by atoms with Crippen LogP contribution in [0.25, 0.3) is 0 Å². The molecule has 0 radical (unpaired) electrons. The Morgan fingerprint density at radius 2 is 2.00 bits per heavy atom. The van der Waals surface area contributed by atoms with E-state index in [-0.39, 0.29) is 0 Å². The number of nitrogens with zero attached hydrogens (tertiary/aromatic N) is 2. The summed E-state index contributed by atoms with van der Waals surface area (Å²) in [6.45, 7) is 0.934. The Labute approximate surface area is 96.3 Å². The van der Waals surface area contributed by atoms with Gasteiger partial charge in [0.05, 0.1) is 6.21 Å². The number of hydrogen-bond acceptors (Lipinski definition) is 3. The van der Waals surface area contributed by atoms with E-state index in [2.05, 4.69) is 15.5 Å². The molecule has 0 aromatic heterocycles. The zero-order valence-electron chi connectivity index (χ0n) is 9.39. The van der Waals surface area contributed by atoms with Gasteiger partial charge in [-0.2, -0.15) is 5.10 Å². The van der Waals surface area contributed by atoms with E-state index < -0.39 is 0 Å². The molecule has 0 amide bonds. The highest BCUT2D eigenvalue weighted by Crippen LogP contribution is 2.05. The molecule has 0 fully saturated rings. The summed E-state index contributed by atoms with van der Waals surface area (Å²) in [6, 6.07) is 10.1. The van der Waals surface area contributed by atoms with Crippen molar-refractivity contribution in [2.45, 2.75) is 25.7 Å². The molecule has 1 aromatic rings. The normalized spacial score (nSPS) is 16.9. The fourth-order valence-electron chi connectivity index (χ4n) is 1.69. The van der Waals surface area contributed by atoms with Gasteiger partial charge in [0, 0.05) is 13.0 Å². The van der Waals surface area contributed by atoms with Crippen LogP contribution in [0.2, 0.25) is 0 Å². The largest absolute Gasteiger partial charge is 0.271 e. The molecule has 2 rings (SSSR count). The molecule has 1 aliphatic heterocycles. The van der Waals surface area contributed by atoms with Crippen molar-refractivity contribution >= 4 is 12.1 Å². The lowest BCUT2D eigenvalue weighted by Gasteiger charge is -2.01. The summed E-state index contributed by atoms with van der Waals surface area (Å²) in [6.07, 6.45) is 6.54. The minimum Gasteiger partial charge on any atom is -0.271 e. The summed E-state index contributed by atoms with van der Waals surface area (Å²) < 4.78 is 0. The average Bonchev–Trinajstić information content (AvgIpc) is 2.59. The lowest BCUT2D eigenvalue weighted by molar-refractivity contribution is 0.729. The molecule has 3 nitrogen and oxygen atoms in total. The maximum absolute atomic E-state index is 4.45. The maximum atomic E-state index is 4.45. The van der Waals surface area contributed by atoms with Gasteiger partial charge in [0.25, 0.3) is 0 Å². The lowest BCUT2D eigenvalue weighted by Crippen LogP contribution is -2.17. The average molecular weight is 215 g/mol. The van der Waals surface area contributed by atoms with Crippen LogP contribution in [0.4, 0.5) is 0 Å². The highest BCUT2D eigenvalue weighted by molar-refractivity contribution is 5.85. The fourth-order valence-corrected chi connectivity index (χ4v) is 1.69. The summed E-state index contributed by atoms with van der Waals surface area (Å²) in [5.41, 5.74) is 4.13. The topological polar surface area (TPSA) is 36.8 Å². The molecular formula is C13H17N3. The van der Waals surface area contributed by atoms with Crippen LogP contribution in [-0.2, 0) is 0 Å². The van der Waals surface area contributed by atoms with Crippen molar-refractivity contribution in [3.05, 3.63) is 35.9 Å². The second-order valence-corrected chi connectivity index (χ2v) is 3.92. The molecule has 0 unspecified atom stereocenters.